The Labute approximate surface area is 185 Å². The fourth-order valence-electron chi connectivity index (χ4n) is 2.71. The smallest absolute Gasteiger partial charge is 0.257 e. The van der Waals surface area contributed by atoms with Gasteiger partial charge in [-0.1, -0.05) is 68.1 Å². The van der Waals surface area contributed by atoms with E-state index in [9.17, 15) is 4.79 Å². The summed E-state index contributed by atoms with van der Waals surface area (Å²) in [5.74, 6) is 1.58. The molecule has 1 amide bonds. The Bertz CT molecular complexity index is 1010. The second kappa shape index (κ2) is 9.49. The molecule has 2 aromatic carbocycles. The quantitative estimate of drug-likeness (QED) is 0.389. The second-order valence-electron chi connectivity index (χ2n) is 7.63. The number of methoxy groups -OCH3 is 2. The molecule has 0 aliphatic heterocycles. The molecule has 0 saturated heterocycles. The van der Waals surface area contributed by atoms with Crippen LogP contribution >= 0.6 is 23.1 Å². The van der Waals surface area contributed by atoms with Crippen LogP contribution in [0.2, 0.25) is 0 Å². The zero-order valence-corrected chi connectivity index (χ0v) is 19.3. The summed E-state index contributed by atoms with van der Waals surface area (Å²) in [7, 11) is 3.08. The van der Waals surface area contributed by atoms with Gasteiger partial charge in [0.2, 0.25) is 5.13 Å². The SMILES string of the molecule is COc1ccc(C(=O)Nc2nnc(SCc3ccc(C(C)(C)C)cc3)s2)cc1OC. The number of amides is 1. The highest BCUT2D eigenvalue weighted by atomic mass is 32.2. The summed E-state index contributed by atoms with van der Waals surface area (Å²) in [6.45, 7) is 6.61. The van der Waals surface area contributed by atoms with Crippen LogP contribution in [-0.4, -0.2) is 30.3 Å². The predicted molar refractivity (Wildman–Crippen MR) is 122 cm³/mol. The van der Waals surface area contributed by atoms with E-state index in [1.165, 1.54) is 29.6 Å². The molecule has 158 valence electrons. The van der Waals surface area contributed by atoms with Gasteiger partial charge in [0.05, 0.1) is 14.2 Å². The average molecular weight is 444 g/mol. The van der Waals surface area contributed by atoms with E-state index in [4.69, 9.17) is 9.47 Å². The van der Waals surface area contributed by atoms with Crippen molar-refractivity contribution in [1.82, 2.24) is 10.2 Å². The molecule has 0 bridgehead atoms. The third-order valence-corrected chi connectivity index (χ3v) is 6.50. The fraction of sp³-hybridized carbons (Fsp3) is 0.318. The molecule has 8 heteroatoms. The highest BCUT2D eigenvalue weighted by Gasteiger charge is 2.15. The number of anilines is 1. The Morgan fingerprint density at radius 2 is 1.73 bits per heavy atom. The number of carbonyl (C=O) groups is 1. The molecule has 1 heterocycles. The lowest BCUT2D eigenvalue weighted by molar-refractivity contribution is 0.102. The molecule has 1 N–H and O–H groups in total. The van der Waals surface area contributed by atoms with Crippen molar-refractivity contribution in [1.29, 1.82) is 0 Å². The van der Waals surface area contributed by atoms with Crippen molar-refractivity contribution in [3.05, 3.63) is 59.2 Å². The second-order valence-corrected chi connectivity index (χ2v) is 9.83. The third-order valence-electron chi connectivity index (χ3n) is 4.45. The Kier molecular flexibility index (Phi) is 6.99. The molecule has 0 unspecified atom stereocenters. The van der Waals surface area contributed by atoms with Crippen molar-refractivity contribution in [2.45, 2.75) is 36.3 Å². The molecule has 0 saturated carbocycles. The van der Waals surface area contributed by atoms with Crippen LogP contribution in [0.25, 0.3) is 0 Å². The number of hydrogen-bond donors (Lipinski definition) is 1. The first-order valence-corrected chi connectivity index (χ1v) is 11.2. The maximum absolute atomic E-state index is 12.5. The number of carbonyl (C=O) groups excluding carboxylic acids is 1. The summed E-state index contributed by atoms with van der Waals surface area (Å²) >= 11 is 2.95. The first kappa shape index (κ1) is 22.1. The first-order valence-electron chi connectivity index (χ1n) is 9.39. The normalized spacial score (nSPS) is 11.2. The number of hydrogen-bond acceptors (Lipinski definition) is 7. The number of nitrogens with one attached hydrogen (secondary N) is 1. The molecule has 0 aliphatic rings. The Balaban J connectivity index is 1.59. The molecule has 0 radical (unpaired) electrons. The lowest BCUT2D eigenvalue weighted by atomic mass is 9.87. The van der Waals surface area contributed by atoms with Crippen LogP contribution in [0.15, 0.2) is 46.8 Å². The highest BCUT2D eigenvalue weighted by molar-refractivity contribution is 8.00. The van der Waals surface area contributed by atoms with Crippen LogP contribution in [0, 0.1) is 0 Å². The van der Waals surface area contributed by atoms with E-state index in [2.05, 4.69) is 60.6 Å². The summed E-state index contributed by atoms with van der Waals surface area (Å²) in [4.78, 5) is 12.5. The molecule has 3 aromatic rings. The zero-order chi connectivity index (χ0) is 21.7. The minimum absolute atomic E-state index is 0.145. The molecule has 3 rings (SSSR count). The molecule has 0 atom stereocenters. The van der Waals surface area contributed by atoms with Crippen molar-refractivity contribution < 1.29 is 14.3 Å². The van der Waals surface area contributed by atoms with Crippen LogP contribution in [0.3, 0.4) is 0 Å². The molecule has 0 fully saturated rings. The molecule has 0 spiro atoms. The van der Waals surface area contributed by atoms with Gasteiger partial charge in [0, 0.05) is 11.3 Å². The van der Waals surface area contributed by atoms with Crippen LogP contribution in [0.4, 0.5) is 5.13 Å². The van der Waals surface area contributed by atoms with Crippen molar-refractivity contribution in [3.63, 3.8) is 0 Å². The topological polar surface area (TPSA) is 73.3 Å². The summed E-state index contributed by atoms with van der Waals surface area (Å²) in [6.07, 6.45) is 0. The van der Waals surface area contributed by atoms with Gasteiger partial charge in [-0.25, -0.2) is 0 Å². The third kappa shape index (κ3) is 5.52. The first-order chi connectivity index (χ1) is 14.3. The van der Waals surface area contributed by atoms with Crippen LogP contribution in [0.1, 0.15) is 42.3 Å². The van der Waals surface area contributed by atoms with Gasteiger partial charge in [-0.2, -0.15) is 0 Å². The van der Waals surface area contributed by atoms with Crippen LogP contribution < -0.4 is 14.8 Å². The molecule has 0 aliphatic carbocycles. The summed E-state index contributed by atoms with van der Waals surface area (Å²) in [5, 5.41) is 11.5. The van der Waals surface area contributed by atoms with E-state index < -0.39 is 0 Å². The van der Waals surface area contributed by atoms with Crippen LogP contribution in [-0.2, 0) is 11.2 Å². The van der Waals surface area contributed by atoms with E-state index in [-0.39, 0.29) is 11.3 Å². The number of nitrogens with zero attached hydrogens (tertiary/aromatic N) is 2. The lowest BCUT2D eigenvalue weighted by Gasteiger charge is -2.19. The van der Waals surface area contributed by atoms with Gasteiger partial charge < -0.3 is 9.47 Å². The van der Waals surface area contributed by atoms with E-state index in [1.807, 2.05) is 0 Å². The standard InChI is InChI=1S/C22H25N3O3S2/c1-22(2,3)16-9-6-14(7-10-16)13-29-21-25-24-20(30-21)23-19(26)15-8-11-17(27-4)18(12-15)28-5/h6-12H,13H2,1-5H3,(H,23,24,26). The van der Waals surface area contributed by atoms with Gasteiger partial charge >= 0.3 is 0 Å². The Morgan fingerprint density at radius 3 is 2.37 bits per heavy atom. The predicted octanol–water partition coefficient (Wildman–Crippen LogP) is 5.40. The van der Waals surface area contributed by atoms with E-state index >= 15 is 0 Å². The minimum Gasteiger partial charge on any atom is -0.493 e. The minimum atomic E-state index is -0.276. The molecular formula is C22H25N3O3S2. The molecule has 6 nitrogen and oxygen atoms in total. The largest absolute Gasteiger partial charge is 0.493 e. The summed E-state index contributed by atoms with van der Waals surface area (Å²) < 4.78 is 11.2. The molecule has 30 heavy (non-hydrogen) atoms. The number of benzene rings is 2. The Morgan fingerprint density at radius 1 is 1.03 bits per heavy atom. The van der Waals surface area contributed by atoms with Crippen molar-refractivity contribution in [2.24, 2.45) is 0 Å². The number of ether oxygens (including phenoxy) is 2. The summed E-state index contributed by atoms with van der Waals surface area (Å²) in [6, 6.07) is 13.6. The number of thioether (sulfide) groups is 1. The average Bonchev–Trinajstić information content (AvgIpc) is 3.18. The van der Waals surface area contributed by atoms with Crippen molar-refractivity contribution in [2.75, 3.05) is 19.5 Å². The molecular weight excluding hydrogens is 418 g/mol. The Hall–Kier alpha value is -2.58. The lowest BCUT2D eigenvalue weighted by Crippen LogP contribution is -2.11. The fourth-order valence-corrected chi connectivity index (χ4v) is 4.41. The van der Waals surface area contributed by atoms with E-state index in [0.717, 1.165) is 10.1 Å². The van der Waals surface area contributed by atoms with Gasteiger partial charge in [0.15, 0.2) is 15.8 Å². The monoisotopic (exact) mass is 443 g/mol. The van der Waals surface area contributed by atoms with E-state index in [0.29, 0.717) is 22.2 Å². The van der Waals surface area contributed by atoms with Crippen molar-refractivity contribution >= 4 is 34.1 Å². The summed E-state index contributed by atoms with van der Waals surface area (Å²) in [5.41, 5.74) is 3.13. The molecule has 1 aromatic heterocycles. The van der Waals surface area contributed by atoms with Crippen molar-refractivity contribution in [3.8, 4) is 11.5 Å². The maximum atomic E-state index is 12.5. The van der Waals surface area contributed by atoms with Crippen LogP contribution in [0.5, 0.6) is 11.5 Å². The van der Waals surface area contributed by atoms with Gasteiger partial charge in [-0.05, 0) is 34.7 Å². The maximum Gasteiger partial charge on any atom is 0.257 e. The van der Waals surface area contributed by atoms with E-state index in [1.54, 1.807) is 37.1 Å². The van der Waals surface area contributed by atoms with Gasteiger partial charge in [-0.3, -0.25) is 10.1 Å². The van der Waals surface area contributed by atoms with Gasteiger partial charge in [-0.15, -0.1) is 10.2 Å². The highest BCUT2D eigenvalue weighted by Crippen LogP contribution is 2.31. The zero-order valence-electron chi connectivity index (χ0n) is 17.7. The number of rotatable bonds is 7. The van der Waals surface area contributed by atoms with Gasteiger partial charge in [0.25, 0.3) is 5.91 Å². The number of aromatic nitrogens is 2. The van der Waals surface area contributed by atoms with Gasteiger partial charge in [0.1, 0.15) is 0 Å².